The maximum Gasteiger partial charge on any atom is 0.253 e. The molecule has 4 aliphatic rings. The molecule has 0 aliphatic carbocycles. The first kappa shape index (κ1) is 30.4. The molecule has 6 unspecified atom stereocenters. The summed E-state index contributed by atoms with van der Waals surface area (Å²) in [6.45, 7) is 8.12. The van der Waals surface area contributed by atoms with E-state index < -0.39 is 36.0 Å². The average Bonchev–Trinajstić information content (AvgIpc) is 3.77. The predicted octanol–water partition coefficient (Wildman–Crippen LogP) is 5.87. The van der Waals surface area contributed by atoms with Gasteiger partial charge in [0.2, 0.25) is 11.8 Å². The number of aryl methyl sites for hydroxylation is 4. The Labute approximate surface area is 280 Å². The van der Waals surface area contributed by atoms with Crippen molar-refractivity contribution in [1.82, 2.24) is 10.0 Å². The second-order valence-electron chi connectivity index (χ2n) is 13.5. The fourth-order valence-electron chi connectivity index (χ4n) is 8.30. The third-order valence-electron chi connectivity index (χ3n) is 10.8. The van der Waals surface area contributed by atoms with Crippen molar-refractivity contribution >= 4 is 35.0 Å². The predicted molar refractivity (Wildman–Crippen MR) is 183 cm³/mol. The number of imide groups is 2. The van der Waals surface area contributed by atoms with Crippen molar-refractivity contribution in [3.63, 3.8) is 0 Å². The molecule has 0 radical (unpaired) electrons. The summed E-state index contributed by atoms with van der Waals surface area (Å²) >= 11 is 0. The van der Waals surface area contributed by atoms with Gasteiger partial charge in [0, 0.05) is 0 Å². The van der Waals surface area contributed by atoms with E-state index in [9.17, 15) is 19.2 Å². The number of hydrogen-bond donors (Lipinski definition) is 0. The first-order chi connectivity index (χ1) is 23.2. The van der Waals surface area contributed by atoms with Gasteiger partial charge in [0.1, 0.15) is 12.1 Å². The van der Waals surface area contributed by atoms with Crippen molar-refractivity contribution in [3.8, 4) is 0 Å². The van der Waals surface area contributed by atoms with Crippen molar-refractivity contribution in [2.75, 3.05) is 9.80 Å². The zero-order chi connectivity index (χ0) is 33.4. The Morgan fingerprint density at radius 1 is 0.438 bits per heavy atom. The van der Waals surface area contributed by atoms with Crippen LogP contribution in [0.4, 0.5) is 11.4 Å². The van der Waals surface area contributed by atoms with E-state index in [0.29, 0.717) is 11.4 Å². The summed E-state index contributed by atoms with van der Waals surface area (Å²) in [5.41, 5.74) is 7.06. The lowest BCUT2D eigenvalue weighted by atomic mass is 9.84. The van der Waals surface area contributed by atoms with Crippen molar-refractivity contribution in [2.24, 2.45) is 11.8 Å². The van der Waals surface area contributed by atoms with Gasteiger partial charge in [0.05, 0.1) is 35.3 Å². The van der Waals surface area contributed by atoms with E-state index >= 15 is 0 Å². The summed E-state index contributed by atoms with van der Waals surface area (Å²) in [6, 6.07) is 28.0. The molecule has 4 heterocycles. The van der Waals surface area contributed by atoms with Crippen LogP contribution in [0.2, 0.25) is 0 Å². The van der Waals surface area contributed by atoms with Crippen LogP contribution in [0.1, 0.15) is 59.3 Å². The van der Waals surface area contributed by atoms with E-state index in [4.69, 9.17) is 0 Å². The highest BCUT2D eigenvalue weighted by Crippen LogP contribution is 2.59. The van der Waals surface area contributed by atoms with Crippen molar-refractivity contribution in [3.05, 3.63) is 130 Å². The van der Waals surface area contributed by atoms with Crippen LogP contribution in [0.15, 0.2) is 97.1 Å². The molecule has 4 aliphatic heterocycles. The van der Waals surface area contributed by atoms with Crippen LogP contribution in [0.3, 0.4) is 0 Å². The maximum atomic E-state index is 14.6. The van der Waals surface area contributed by atoms with Crippen LogP contribution in [0, 0.1) is 25.7 Å². The highest BCUT2D eigenvalue weighted by molar-refractivity contribution is 6.26. The van der Waals surface area contributed by atoms with Crippen LogP contribution in [0.5, 0.6) is 0 Å². The Morgan fingerprint density at radius 2 is 0.771 bits per heavy atom. The Balaban J connectivity index is 1.30. The molecule has 8 heteroatoms. The standard InChI is InChI=1S/C40H38N4O4/c1-5-25-11-19-29(20-12-25)41-37(45)31-33(27-15-7-23(3)8-16-27)44-36-32(38(46)42(40(36)48)30-21-13-26(6-2)14-22-30)34(43(44)35(31)39(41)47)28-17-9-24(4)10-18-28/h7-22,31-36H,5-6H2,1-4H3. The van der Waals surface area contributed by atoms with Gasteiger partial charge in [-0.3, -0.25) is 19.2 Å². The van der Waals surface area contributed by atoms with Gasteiger partial charge in [0.15, 0.2) is 0 Å². The molecule has 4 saturated heterocycles. The Kier molecular flexibility index (Phi) is 7.20. The molecule has 8 rings (SSSR count). The molecule has 6 atom stereocenters. The Bertz CT molecular complexity index is 1790. The maximum absolute atomic E-state index is 14.6. The molecular formula is C40H38N4O4. The molecule has 48 heavy (non-hydrogen) atoms. The van der Waals surface area contributed by atoms with E-state index in [-0.39, 0.29) is 23.6 Å². The summed E-state index contributed by atoms with van der Waals surface area (Å²) < 4.78 is 0. The lowest BCUT2D eigenvalue weighted by Gasteiger charge is -2.35. The molecule has 0 bridgehead atoms. The Morgan fingerprint density at radius 3 is 1.08 bits per heavy atom. The topological polar surface area (TPSA) is 81.2 Å². The molecule has 4 aromatic carbocycles. The van der Waals surface area contributed by atoms with Crippen LogP contribution >= 0.6 is 0 Å². The van der Waals surface area contributed by atoms with E-state index in [1.54, 1.807) is 0 Å². The second-order valence-corrected chi connectivity index (χ2v) is 13.5. The molecule has 0 saturated carbocycles. The number of carbonyl (C=O) groups is 4. The number of benzene rings is 4. The zero-order valence-electron chi connectivity index (χ0n) is 27.5. The molecule has 242 valence electrons. The number of anilines is 2. The van der Waals surface area contributed by atoms with Crippen LogP contribution < -0.4 is 9.80 Å². The number of rotatable bonds is 6. The number of fused-ring (bicyclic) bond motifs is 5. The first-order valence-electron chi connectivity index (χ1n) is 16.9. The Hall–Kier alpha value is -4.92. The summed E-state index contributed by atoms with van der Waals surface area (Å²) in [7, 11) is 0. The van der Waals surface area contributed by atoms with Crippen LogP contribution in [0.25, 0.3) is 0 Å². The minimum absolute atomic E-state index is 0.294. The minimum atomic E-state index is -0.885. The molecule has 4 aromatic rings. The zero-order valence-corrected chi connectivity index (χ0v) is 27.5. The number of amides is 4. The van der Waals surface area contributed by atoms with Gasteiger partial charge in [0.25, 0.3) is 11.8 Å². The number of carbonyl (C=O) groups excluding carboxylic acids is 4. The number of hydrogen-bond acceptors (Lipinski definition) is 6. The fraction of sp³-hybridized carbons (Fsp3) is 0.300. The molecule has 4 amide bonds. The first-order valence-corrected chi connectivity index (χ1v) is 16.9. The van der Waals surface area contributed by atoms with Crippen molar-refractivity contribution in [1.29, 1.82) is 0 Å². The smallest absolute Gasteiger partial charge is 0.253 e. The second kappa shape index (κ2) is 11.4. The van der Waals surface area contributed by atoms with Crippen molar-refractivity contribution in [2.45, 2.75) is 64.7 Å². The molecule has 4 fully saturated rings. The summed E-state index contributed by atoms with van der Waals surface area (Å²) in [4.78, 5) is 61.1. The summed E-state index contributed by atoms with van der Waals surface area (Å²) in [5, 5.41) is 3.87. The molecular weight excluding hydrogens is 600 g/mol. The monoisotopic (exact) mass is 638 g/mol. The van der Waals surface area contributed by atoms with Crippen LogP contribution in [-0.2, 0) is 32.0 Å². The third-order valence-corrected chi connectivity index (χ3v) is 10.8. The van der Waals surface area contributed by atoms with Gasteiger partial charge >= 0.3 is 0 Å². The fourth-order valence-corrected chi connectivity index (χ4v) is 8.30. The normalized spacial score (nSPS) is 26.8. The molecule has 0 spiro atoms. The number of hydrazine groups is 1. The summed E-state index contributed by atoms with van der Waals surface area (Å²) in [5.74, 6) is -2.81. The van der Waals surface area contributed by atoms with Gasteiger partial charge in [-0.1, -0.05) is 97.8 Å². The minimum Gasteiger partial charge on any atom is -0.274 e. The quantitative estimate of drug-likeness (QED) is 0.246. The lowest BCUT2D eigenvalue weighted by Crippen LogP contribution is -2.50. The molecule has 0 N–H and O–H groups in total. The average molecular weight is 639 g/mol. The SMILES string of the molecule is CCc1ccc(N2C(=O)C3C(C2=O)N2C(c4ccc(C)cc4)C4C(=O)N(c5ccc(CC)cc5)C(=O)C4N2C3c2ccc(C)cc2)cc1. The highest BCUT2D eigenvalue weighted by atomic mass is 16.2. The number of nitrogens with zero attached hydrogens (tertiary/aromatic N) is 4. The van der Waals surface area contributed by atoms with Gasteiger partial charge in [-0.05, 0) is 73.2 Å². The van der Waals surface area contributed by atoms with Gasteiger partial charge < -0.3 is 0 Å². The van der Waals surface area contributed by atoms with E-state index in [2.05, 4.69) is 13.8 Å². The van der Waals surface area contributed by atoms with Crippen molar-refractivity contribution < 1.29 is 19.2 Å². The lowest BCUT2D eigenvalue weighted by molar-refractivity contribution is -0.136. The van der Waals surface area contributed by atoms with E-state index in [1.165, 1.54) is 9.80 Å². The van der Waals surface area contributed by atoms with E-state index in [1.807, 2.05) is 121 Å². The van der Waals surface area contributed by atoms with Gasteiger partial charge in [-0.25, -0.2) is 19.8 Å². The summed E-state index contributed by atoms with van der Waals surface area (Å²) in [6.07, 6.45) is 1.68. The third kappa shape index (κ3) is 4.36. The van der Waals surface area contributed by atoms with Gasteiger partial charge in [-0.15, -0.1) is 0 Å². The molecule has 0 aromatic heterocycles. The highest BCUT2D eigenvalue weighted by Gasteiger charge is 2.73. The van der Waals surface area contributed by atoms with E-state index in [0.717, 1.165) is 46.2 Å². The van der Waals surface area contributed by atoms with Gasteiger partial charge in [-0.2, -0.15) is 0 Å². The largest absolute Gasteiger partial charge is 0.274 e. The molecule has 8 nitrogen and oxygen atoms in total. The van der Waals surface area contributed by atoms with Crippen LogP contribution in [-0.4, -0.2) is 45.7 Å².